The zero-order chi connectivity index (χ0) is 16.3. The molecular formula is C19H24N2OS. The third kappa shape index (κ3) is 6.37. The van der Waals surface area contributed by atoms with Gasteiger partial charge in [-0.25, -0.2) is 0 Å². The van der Waals surface area contributed by atoms with Gasteiger partial charge in [-0.15, -0.1) is 11.8 Å². The average Bonchev–Trinajstić information content (AvgIpc) is 2.61. The highest BCUT2D eigenvalue weighted by Gasteiger charge is 2.03. The second-order valence-electron chi connectivity index (χ2n) is 5.38. The minimum Gasteiger partial charge on any atom is -0.298 e. The largest absolute Gasteiger partial charge is 0.298 e. The molecule has 0 atom stereocenters. The molecule has 1 amide bonds. The first-order valence-electron chi connectivity index (χ1n) is 8.14. The van der Waals surface area contributed by atoms with Gasteiger partial charge >= 0.3 is 0 Å². The molecule has 0 aliphatic heterocycles. The van der Waals surface area contributed by atoms with Crippen LogP contribution in [0.15, 0.2) is 59.5 Å². The van der Waals surface area contributed by atoms with Gasteiger partial charge in [0.25, 0.3) is 5.91 Å². The highest BCUT2D eigenvalue weighted by atomic mass is 32.2. The summed E-state index contributed by atoms with van der Waals surface area (Å²) in [6.07, 6.45) is 5.19. The fourth-order valence-electron chi connectivity index (χ4n) is 2.14. The average molecular weight is 328 g/mol. The predicted octanol–water partition coefficient (Wildman–Crippen LogP) is 5.12. The van der Waals surface area contributed by atoms with Crippen LogP contribution in [0.25, 0.3) is 0 Å². The van der Waals surface area contributed by atoms with E-state index in [-0.39, 0.29) is 5.91 Å². The van der Waals surface area contributed by atoms with Gasteiger partial charge in [0.2, 0.25) is 0 Å². The second kappa shape index (κ2) is 9.95. The van der Waals surface area contributed by atoms with Crippen molar-refractivity contribution >= 4 is 23.4 Å². The molecule has 0 saturated carbocycles. The first-order valence-corrected chi connectivity index (χ1v) is 9.12. The van der Waals surface area contributed by atoms with E-state index < -0.39 is 0 Å². The number of thioether (sulfide) groups is 1. The van der Waals surface area contributed by atoms with Crippen molar-refractivity contribution in [3.63, 3.8) is 0 Å². The Balaban J connectivity index is 1.73. The monoisotopic (exact) mass is 328 g/mol. The number of hydrazine groups is 1. The van der Waals surface area contributed by atoms with Crippen LogP contribution in [0.2, 0.25) is 0 Å². The van der Waals surface area contributed by atoms with Crippen LogP contribution >= 0.6 is 11.8 Å². The summed E-state index contributed by atoms with van der Waals surface area (Å²) in [4.78, 5) is 13.2. The van der Waals surface area contributed by atoms with E-state index in [0.29, 0.717) is 5.56 Å². The molecule has 0 unspecified atom stereocenters. The van der Waals surface area contributed by atoms with Gasteiger partial charge in [0.05, 0.1) is 5.69 Å². The Morgan fingerprint density at radius 1 is 0.957 bits per heavy atom. The van der Waals surface area contributed by atoms with Gasteiger partial charge in [-0.2, -0.15) is 0 Å². The summed E-state index contributed by atoms with van der Waals surface area (Å²) < 4.78 is 0. The maximum Gasteiger partial charge on any atom is 0.269 e. The predicted molar refractivity (Wildman–Crippen MR) is 98.8 cm³/mol. The van der Waals surface area contributed by atoms with E-state index in [1.165, 1.54) is 30.6 Å². The fraction of sp³-hybridized carbons (Fsp3) is 0.316. The summed E-state index contributed by atoms with van der Waals surface area (Å²) in [5.41, 5.74) is 7.17. The van der Waals surface area contributed by atoms with E-state index in [1.54, 1.807) is 12.1 Å². The molecule has 2 rings (SSSR count). The van der Waals surface area contributed by atoms with Gasteiger partial charge in [-0.1, -0.05) is 44.4 Å². The molecule has 0 aromatic heterocycles. The molecule has 0 bridgehead atoms. The number of hydrogen-bond donors (Lipinski definition) is 2. The Labute approximate surface area is 142 Å². The molecule has 2 N–H and O–H groups in total. The van der Waals surface area contributed by atoms with Gasteiger partial charge in [0.1, 0.15) is 0 Å². The minimum atomic E-state index is -0.139. The normalized spacial score (nSPS) is 10.3. The van der Waals surface area contributed by atoms with Crippen LogP contribution in [0.3, 0.4) is 0 Å². The Kier molecular flexibility index (Phi) is 7.54. The highest BCUT2D eigenvalue weighted by molar-refractivity contribution is 7.99. The first kappa shape index (κ1) is 17.4. The van der Waals surface area contributed by atoms with Crippen LogP contribution in [-0.4, -0.2) is 11.7 Å². The van der Waals surface area contributed by atoms with E-state index in [1.807, 2.05) is 42.1 Å². The molecule has 122 valence electrons. The van der Waals surface area contributed by atoms with E-state index in [2.05, 4.69) is 29.9 Å². The summed E-state index contributed by atoms with van der Waals surface area (Å²) in [5.74, 6) is 1.03. The number of nitrogens with one attached hydrogen (secondary N) is 2. The third-order valence-electron chi connectivity index (χ3n) is 3.48. The van der Waals surface area contributed by atoms with Gasteiger partial charge in [0, 0.05) is 10.5 Å². The molecule has 4 heteroatoms. The number of carbonyl (C=O) groups excluding carboxylic acids is 1. The van der Waals surface area contributed by atoms with Crippen molar-refractivity contribution in [1.29, 1.82) is 0 Å². The number of unbranched alkanes of at least 4 members (excludes halogenated alkanes) is 3. The number of carbonyl (C=O) groups is 1. The standard InChI is InChI=1S/C19H24N2OS/c1-2-3-4-8-15-23-18-13-11-17(12-14-18)20-21-19(22)16-9-6-5-7-10-16/h5-7,9-14,20H,2-4,8,15H2,1H3,(H,21,22). The van der Waals surface area contributed by atoms with Gasteiger partial charge in [-0.3, -0.25) is 15.6 Å². The molecular weight excluding hydrogens is 304 g/mol. The van der Waals surface area contributed by atoms with Crippen LogP contribution in [0, 0.1) is 0 Å². The Hall–Kier alpha value is -1.94. The van der Waals surface area contributed by atoms with E-state index in [9.17, 15) is 4.79 Å². The molecule has 2 aromatic carbocycles. The molecule has 23 heavy (non-hydrogen) atoms. The molecule has 0 aliphatic rings. The molecule has 0 aliphatic carbocycles. The lowest BCUT2D eigenvalue weighted by Gasteiger charge is -2.09. The maximum atomic E-state index is 11.9. The lowest BCUT2D eigenvalue weighted by molar-refractivity contribution is 0.0962. The SMILES string of the molecule is CCCCCCSc1ccc(NNC(=O)c2ccccc2)cc1. The van der Waals surface area contributed by atoms with Crippen molar-refractivity contribution in [2.45, 2.75) is 37.5 Å². The molecule has 3 nitrogen and oxygen atoms in total. The summed E-state index contributed by atoms with van der Waals surface area (Å²) >= 11 is 1.89. The summed E-state index contributed by atoms with van der Waals surface area (Å²) in [5, 5.41) is 0. The van der Waals surface area contributed by atoms with Crippen molar-refractivity contribution < 1.29 is 4.79 Å². The van der Waals surface area contributed by atoms with Crippen molar-refractivity contribution in [3.8, 4) is 0 Å². The van der Waals surface area contributed by atoms with E-state index >= 15 is 0 Å². The van der Waals surface area contributed by atoms with Crippen molar-refractivity contribution in [1.82, 2.24) is 5.43 Å². The molecule has 0 fully saturated rings. The van der Waals surface area contributed by atoms with Crippen molar-refractivity contribution in [3.05, 3.63) is 60.2 Å². The van der Waals surface area contributed by atoms with Crippen LogP contribution in [0.1, 0.15) is 43.0 Å². The fourth-order valence-corrected chi connectivity index (χ4v) is 3.06. The number of rotatable bonds is 9. The molecule has 0 spiro atoms. The van der Waals surface area contributed by atoms with Gasteiger partial charge < -0.3 is 0 Å². The Morgan fingerprint density at radius 3 is 2.39 bits per heavy atom. The van der Waals surface area contributed by atoms with Crippen LogP contribution in [0.4, 0.5) is 5.69 Å². The van der Waals surface area contributed by atoms with Crippen LogP contribution in [-0.2, 0) is 0 Å². The Morgan fingerprint density at radius 2 is 1.70 bits per heavy atom. The van der Waals surface area contributed by atoms with E-state index in [4.69, 9.17) is 0 Å². The maximum absolute atomic E-state index is 11.9. The zero-order valence-corrected chi connectivity index (χ0v) is 14.4. The highest BCUT2D eigenvalue weighted by Crippen LogP contribution is 2.21. The van der Waals surface area contributed by atoms with Crippen LogP contribution in [0.5, 0.6) is 0 Å². The number of hydrogen-bond acceptors (Lipinski definition) is 3. The van der Waals surface area contributed by atoms with Crippen molar-refractivity contribution in [2.24, 2.45) is 0 Å². The molecule has 0 radical (unpaired) electrons. The number of benzene rings is 2. The first-order chi connectivity index (χ1) is 11.3. The zero-order valence-electron chi connectivity index (χ0n) is 13.5. The van der Waals surface area contributed by atoms with Crippen molar-refractivity contribution in [2.75, 3.05) is 11.2 Å². The van der Waals surface area contributed by atoms with E-state index in [0.717, 1.165) is 11.4 Å². The molecule has 0 saturated heterocycles. The Bertz CT molecular complexity index is 584. The number of amides is 1. The summed E-state index contributed by atoms with van der Waals surface area (Å²) in [6, 6.07) is 17.3. The molecule has 2 aromatic rings. The summed E-state index contributed by atoms with van der Waals surface area (Å²) in [6.45, 7) is 2.23. The lowest BCUT2D eigenvalue weighted by Crippen LogP contribution is -2.29. The number of anilines is 1. The van der Waals surface area contributed by atoms with Gasteiger partial charge in [-0.05, 0) is 48.6 Å². The third-order valence-corrected chi connectivity index (χ3v) is 4.58. The van der Waals surface area contributed by atoms with Gasteiger partial charge in [0.15, 0.2) is 0 Å². The topological polar surface area (TPSA) is 41.1 Å². The quantitative estimate of drug-likeness (QED) is 0.381. The smallest absolute Gasteiger partial charge is 0.269 e. The minimum absolute atomic E-state index is 0.139. The van der Waals surface area contributed by atoms with Crippen LogP contribution < -0.4 is 10.9 Å². The summed E-state index contributed by atoms with van der Waals surface area (Å²) in [7, 11) is 0. The second-order valence-corrected chi connectivity index (χ2v) is 6.55. The molecule has 0 heterocycles. The lowest BCUT2D eigenvalue weighted by atomic mass is 10.2.